The zero-order chi connectivity index (χ0) is 12.8. The zero-order valence-electron chi connectivity index (χ0n) is 9.62. The van der Waals surface area contributed by atoms with Crippen molar-refractivity contribution in [2.45, 2.75) is 0 Å². The highest BCUT2D eigenvalue weighted by Crippen LogP contribution is 2.09. The van der Waals surface area contributed by atoms with Gasteiger partial charge in [-0.15, -0.1) is 0 Å². The van der Waals surface area contributed by atoms with Crippen LogP contribution in [0.2, 0.25) is 0 Å². The Morgan fingerprint density at radius 3 is 2.83 bits per heavy atom. The summed E-state index contributed by atoms with van der Waals surface area (Å²) in [5.74, 6) is 1.06. The summed E-state index contributed by atoms with van der Waals surface area (Å²) in [7, 11) is 1.61. The molecule has 0 saturated heterocycles. The molecular weight excluding hydrogens is 234 g/mol. The lowest BCUT2D eigenvalue weighted by molar-refractivity contribution is 0.415. The molecule has 92 valence electrons. The topological polar surface area (TPSA) is 92.3 Å². The van der Waals surface area contributed by atoms with E-state index in [9.17, 15) is 4.79 Å². The van der Waals surface area contributed by atoms with Crippen molar-refractivity contribution >= 4 is 12.0 Å². The summed E-state index contributed by atoms with van der Waals surface area (Å²) in [6.45, 7) is 0. The first-order chi connectivity index (χ1) is 8.78. The van der Waals surface area contributed by atoms with Gasteiger partial charge in [-0.3, -0.25) is 5.43 Å². The highest BCUT2D eigenvalue weighted by Gasteiger charge is 1.93. The van der Waals surface area contributed by atoms with Crippen molar-refractivity contribution in [3.63, 3.8) is 0 Å². The number of benzene rings is 1. The van der Waals surface area contributed by atoms with Gasteiger partial charge in [0.15, 0.2) is 5.82 Å². The molecular formula is C11H11N5O2. The van der Waals surface area contributed by atoms with Gasteiger partial charge in [0.25, 0.3) is 0 Å². The second-order valence-electron chi connectivity index (χ2n) is 3.32. The number of aromatic amines is 1. The molecule has 0 aliphatic carbocycles. The lowest BCUT2D eigenvalue weighted by Crippen LogP contribution is -2.13. The number of rotatable bonds is 4. The first-order valence-corrected chi connectivity index (χ1v) is 5.13. The van der Waals surface area contributed by atoms with Gasteiger partial charge in [0.1, 0.15) is 5.75 Å². The molecule has 0 bridgehead atoms. The Labute approximate surface area is 103 Å². The fourth-order valence-electron chi connectivity index (χ4n) is 1.23. The van der Waals surface area contributed by atoms with Gasteiger partial charge in [-0.1, -0.05) is 0 Å². The van der Waals surface area contributed by atoms with Gasteiger partial charge >= 0.3 is 5.69 Å². The van der Waals surface area contributed by atoms with E-state index < -0.39 is 5.69 Å². The van der Waals surface area contributed by atoms with E-state index in [0.29, 0.717) is 0 Å². The van der Waals surface area contributed by atoms with E-state index in [2.05, 4.69) is 25.7 Å². The van der Waals surface area contributed by atoms with Crippen molar-refractivity contribution in [1.29, 1.82) is 0 Å². The summed E-state index contributed by atoms with van der Waals surface area (Å²) in [5.41, 5.74) is 2.97. The molecule has 0 aliphatic heterocycles. The zero-order valence-corrected chi connectivity index (χ0v) is 9.62. The van der Waals surface area contributed by atoms with Crippen LogP contribution in [0.5, 0.6) is 5.75 Å². The molecule has 2 N–H and O–H groups in total. The molecule has 7 nitrogen and oxygen atoms in total. The van der Waals surface area contributed by atoms with E-state index in [-0.39, 0.29) is 5.82 Å². The molecule has 0 unspecified atom stereocenters. The molecule has 0 atom stereocenters. The predicted octanol–water partition coefficient (Wildman–Crippen LogP) is 0.619. The summed E-state index contributed by atoms with van der Waals surface area (Å²) in [4.78, 5) is 14.5. The number of hydrogen-bond acceptors (Lipinski definition) is 6. The Morgan fingerprint density at radius 2 is 2.17 bits per heavy atom. The molecule has 0 amide bonds. The van der Waals surface area contributed by atoms with Crippen molar-refractivity contribution in [3.05, 3.63) is 46.5 Å². The Hall–Kier alpha value is -2.70. The first kappa shape index (κ1) is 11.8. The van der Waals surface area contributed by atoms with Gasteiger partial charge in [0, 0.05) is 0 Å². The number of hydrogen-bond donors (Lipinski definition) is 2. The largest absolute Gasteiger partial charge is 0.497 e. The molecule has 1 aromatic heterocycles. The summed E-state index contributed by atoms with van der Waals surface area (Å²) in [6.07, 6.45) is 2.97. The molecule has 2 rings (SSSR count). The molecule has 1 aromatic carbocycles. The Kier molecular flexibility index (Phi) is 3.65. The maximum atomic E-state index is 10.9. The normalized spacial score (nSPS) is 10.5. The van der Waals surface area contributed by atoms with E-state index in [4.69, 9.17) is 4.74 Å². The third kappa shape index (κ3) is 3.14. The second-order valence-corrected chi connectivity index (χ2v) is 3.32. The highest BCUT2D eigenvalue weighted by atomic mass is 16.5. The molecule has 1 heterocycles. The lowest BCUT2D eigenvalue weighted by atomic mass is 10.2. The van der Waals surface area contributed by atoms with E-state index in [1.165, 1.54) is 6.20 Å². The van der Waals surface area contributed by atoms with E-state index in [1.54, 1.807) is 13.3 Å². The van der Waals surface area contributed by atoms with E-state index in [0.717, 1.165) is 11.3 Å². The molecule has 0 fully saturated rings. The predicted molar refractivity (Wildman–Crippen MR) is 66.9 cm³/mol. The Morgan fingerprint density at radius 1 is 1.39 bits per heavy atom. The number of methoxy groups -OCH3 is 1. The number of ether oxygens (including phenoxy) is 1. The van der Waals surface area contributed by atoms with Crippen molar-refractivity contribution in [3.8, 4) is 5.75 Å². The minimum absolute atomic E-state index is 0.281. The fraction of sp³-hybridized carbons (Fsp3) is 0.0909. The third-order valence-corrected chi connectivity index (χ3v) is 2.08. The number of hydrazone groups is 1. The second kappa shape index (κ2) is 5.58. The number of H-pyrrole nitrogens is 1. The molecule has 0 radical (unpaired) electrons. The van der Waals surface area contributed by atoms with Crippen LogP contribution in [0.25, 0.3) is 0 Å². The molecule has 0 aliphatic rings. The van der Waals surface area contributed by atoms with Crippen molar-refractivity contribution in [1.82, 2.24) is 15.2 Å². The summed E-state index contributed by atoms with van der Waals surface area (Å²) < 4.78 is 5.04. The van der Waals surface area contributed by atoms with Crippen LogP contribution in [-0.2, 0) is 0 Å². The first-order valence-electron chi connectivity index (χ1n) is 5.13. The summed E-state index contributed by atoms with van der Waals surface area (Å²) >= 11 is 0. The van der Waals surface area contributed by atoms with Crippen LogP contribution < -0.4 is 15.9 Å². The van der Waals surface area contributed by atoms with Gasteiger partial charge in [0.2, 0.25) is 0 Å². The van der Waals surface area contributed by atoms with Gasteiger partial charge in [0.05, 0.1) is 19.5 Å². The van der Waals surface area contributed by atoms with E-state index >= 15 is 0 Å². The average Bonchev–Trinajstić information content (AvgIpc) is 2.40. The summed E-state index contributed by atoms with van der Waals surface area (Å²) in [6, 6.07) is 7.36. The maximum absolute atomic E-state index is 10.9. The van der Waals surface area contributed by atoms with Crippen LogP contribution in [0.15, 0.2) is 40.4 Å². The van der Waals surface area contributed by atoms with Crippen LogP contribution in [-0.4, -0.2) is 28.5 Å². The van der Waals surface area contributed by atoms with Crippen LogP contribution in [0, 0.1) is 0 Å². The quantitative estimate of drug-likeness (QED) is 0.608. The van der Waals surface area contributed by atoms with Crippen LogP contribution in [0.3, 0.4) is 0 Å². The van der Waals surface area contributed by atoms with Gasteiger partial charge in [-0.05, 0) is 29.8 Å². The standard InChI is InChI=1S/C11H11N5O2/c1-18-9-4-2-8(3-5-9)6-12-15-10-7-13-16-11(17)14-10/h2-7H,1H3,(H2,14,15,16,17)/b12-6-. The smallest absolute Gasteiger partial charge is 0.363 e. The maximum Gasteiger partial charge on any atom is 0.363 e. The average molecular weight is 245 g/mol. The molecule has 0 saturated carbocycles. The van der Waals surface area contributed by atoms with Crippen LogP contribution in [0.1, 0.15) is 5.56 Å². The minimum atomic E-state index is -0.528. The van der Waals surface area contributed by atoms with Crippen molar-refractivity contribution < 1.29 is 4.74 Å². The van der Waals surface area contributed by atoms with Gasteiger partial charge in [-0.25, -0.2) is 9.89 Å². The number of anilines is 1. The summed E-state index contributed by atoms with van der Waals surface area (Å²) in [5, 5.41) is 9.69. The molecule has 2 aromatic rings. The van der Waals surface area contributed by atoms with Gasteiger partial charge < -0.3 is 4.74 Å². The monoisotopic (exact) mass is 245 g/mol. The number of nitrogens with zero attached hydrogens (tertiary/aromatic N) is 3. The molecule has 0 spiro atoms. The Bertz CT molecular complexity index is 591. The molecule has 7 heteroatoms. The highest BCUT2D eigenvalue weighted by molar-refractivity contribution is 5.80. The third-order valence-electron chi connectivity index (χ3n) is 2.08. The van der Waals surface area contributed by atoms with Gasteiger partial charge in [-0.2, -0.15) is 15.2 Å². The van der Waals surface area contributed by atoms with Crippen molar-refractivity contribution in [2.24, 2.45) is 5.10 Å². The van der Waals surface area contributed by atoms with Crippen LogP contribution >= 0.6 is 0 Å². The SMILES string of the molecule is COc1ccc(/C=N\Nc2cn[nH]c(=O)n2)cc1. The fourth-order valence-corrected chi connectivity index (χ4v) is 1.23. The van der Waals surface area contributed by atoms with Crippen LogP contribution in [0.4, 0.5) is 5.82 Å². The lowest BCUT2D eigenvalue weighted by Gasteiger charge is -1.99. The van der Waals surface area contributed by atoms with E-state index in [1.807, 2.05) is 24.3 Å². The Balaban J connectivity index is 2.00. The minimum Gasteiger partial charge on any atom is -0.497 e. The number of aromatic nitrogens is 3. The van der Waals surface area contributed by atoms with Crippen molar-refractivity contribution in [2.75, 3.05) is 12.5 Å². The molecule has 18 heavy (non-hydrogen) atoms. The number of nitrogens with one attached hydrogen (secondary N) is 2.